The predicted octanol–water partition coefficient (Wildman–Crippen LogP) is 2.82. The number of nitrogens with zero attached hydrogens (tertiary/aromatic N) is 3. The molecule has 2 aromatic rings. The number of carbonyl (C=O) groups is 2. The highest BCUT2D eigenvalue weighted by atomic mass is 35.5. The van der Waals surface area contributed by atoms with Crippen LogP contribution in [-0.2, 0) is 4.79 Å². The Hall–Kier alpha value is -2.99. The highest BCUT2D eigenvalue weighted by Crippen LogP contribution is 2.29. The number of hydrogen-bond donors (Lipinski definition) is 2. The average molecular weight is 512 g/mol. The predicted molar refractivity (Wildman–Crippen MR) is 126 cm³/mol. The third-order valence-corrected chi connectivity index (χ3v) is 5.57. The highest BCUT2D eigenvalue weighted by Gasteiger charge is 2.33. The van der Waals surface area contributed by atoms with Crippen molar-refractivity contribution in [3.8, 4) is 5.75 Å². The number of ether oxygens (including phenoxy) is 1. The Bertz CT molecular complexity index is 1090. The zero-order valence-corrected chi connectivity index (χ0v) is 20.1. The second kappa shape index (κ2) is 10.3. The summed E-state index contributed by atoms with van der Waals surface area (Å²) in [4.78, 5) is 33.2. The van der Waals surface area contributed by atoms with Gasteiger partial charge in [-0.2, -0.15) is 0 Å². The maximum atomic E-state index is 12.7. The molecule has 1 fully saturated rings. The summed E-state index contributed by atoms with van der Waals surface area (Å²) in [5.41, 5.74) is -0.734. The lowest BCUT2D eigenvalue weighted by Gasteiger charge is -2.38. The van der Waals surface area contributed by atoms with E-state index in [1.165, 1.54) is 12.3 Å². The molecule has 1 aromatic carbocycles. The topological polar surface area (TPSA) is 95.0 Å². The molecule has 1 aliphatic heterocycles. The maximum Gasteiger partial charge on any atom is 0.573 e. The summed E-state index contributed by atoms with van der Waals surface area (Å²) in [6.45, 7) is 7.93. The summed E-state index contributed by atoms with van der Waals surface area (Å²) in [6, 6.07) is 5.08. The lowest BCUT2D eigenvalue weighted by molar-refractivity contribution is -0.274. The van der Waals surface area contributed by atoms with E-state index in [0.717, 1.165) is 12.1 Å². The van der Waals surface area contributed by atoms with Gasteiger partial charge in [0, 0.05) is 43.9 Å². The van der Waals surface area contributed by atoms with Gasteiger partial charge in [0.15, 0.2) is 0 Å². The Morgan fingerprint density at radius 1 is 1.14 bits per heavy atom. The number of aromatic nitrogens is 1. The zero-order valence-electron chi connectivity index (χ0n) is 19.3. The van der Waals surface area contributed by atoms with Crippen molar-refractivity contribution in [2.24, 2.45) is 5.41 Å². The third kappa shape index (κ3) is 6.79. The fraction of sp³-hybridized carbons (Fsp3) is 0.409. The minimum absolute atomic E-state index is 0.0875. The normalized spacial score (nSPS) is 14.5. The number of alkyl halides is 3. The first-order chi connectivity index (χ1) is 16.3. The van der Waals surface area contributed by atoms with E-state index in [2.05, 4.69) is 15.0 Å². The number of nitrogens with one attached hydrogen (secondary N) is 1. The number of carbonyl (C=O) groups excluding carboxylic acids is 2. The fourth-order valence-corrected chi connectivity index (χ4v) is 3.71. The minimum Gasteiger partial charge on any atom is -0.450 e. The summed E-state index contributed by atoms with van der Waals surface area (Å²) < 4.78 is 41.8. The number of amides is 2. The largest absolute Gasteiger partial charge is 0.573 e. The Labute approximate surface area is 206 Å². The van der Waals surface area contributed by atoms with E-state index in [4.69, 9.17) is 16.6 Å². The van der Waals surface area contributed by atoms with Crippen LogP contribution in [0, 0.1) is 5.41 Å². The minimum atomic E-state index is -5.00. The van der Waals surface area contributed by atoms with Gasteiger partial charge in [0.2, 0.25) is 5.91 Å². The molecular formula is C22H24BClF3N4O4. The first-order valence-electron chi connectivity index (χ1n) is 10.7. The molecule has 2 amide bonds. The Balaban J connectivity index is 1.67. The van der Waals surface area contributed by atoms with Crippen molar-refractivity contribution in [2.75, 3.05) is 36.4 Å². The molecule has 0 unspecified atom stereocenters. The molecule has 2 heterocycles. The number of hydrogen-bond acceptors (Lipinski definition) is 6. The van der Waals surface area contributed by atoms with E-state index in [9.17, 15) is 22.8 Å². The number of anilines is 2. The van der Waals surface area contributed by atoms with Crippen LogP contribution in [0.25, 0.3) is 0 Å². The summed E-state index contributed by atoms with van der Waals surface area (Å²) >= 11 is 6.04. The first-order valence-corrected chi connectivity index (χ1v) is 11.0. The number of rotatable bonds is 5. The van der Waals surface area contributed by atoms with Crippen LogP contribution in [0.15, 0.2) is 30.5 Å². The van der Waals surface area contributed by atoms with Crippen LogP contribution >= 0.6 is 11.6 Å². The van der Waals surface area contributed by atoms with Gasteiger partial charge in [0.1, 0.15) is 11.6 Å². The van der Waals surface area contributed by atoms with Gasteiger partial charge in [-0.15, -0.1) is 13.2 Å². The summed E-state index contributed by atoms with van der Waals surface area (Å²) in [6.07, 6.45) is -3.66. The van der Waals surface area contributed by atoms with Crippen molar-refractivity contribution < 1.29 is 32.5 Å². The number of benzene rings is 1. The molecule has 1 aliphatic rings. The molecule has 0 spiro atoms. The molecule has 2 N–H and O–H groups in total. The van der Waals surface area contributed by atoms with Crippen LogP contribution in [0.2, 0.25) is 5.02 Å². The number of pyridine rings is 1. The highest BCUT2D eigenvalue weighted by molar-refractivity contribution is 6.48. The maximum absolute atomic E-state index is 12.7. The first kappa shape index (κ1) is 26.6. The SMILES string of the molecule is CC(C)(C)C(=O)N1CCN(c2ccc(C(=O)Nc3cc(OC(F)(F)F)c([B]O)cc3Cl)cn2)CC1. The summed E-state index contributed by atoms with van der Waals surface area (Å²) in [7, 11) is 0.417. The van der Waals surface area contributed by atoms with E-state index in [1.54, 1.807) is 6.07 Å². The molecule has 3 rings (SSSR count). The second-order valence-corrected chi connectivity index (χ2v) is 9.34. The standard InChI is InChI=1S/C22H24BClF3N4O4/c1-21(2,3)20(33)31-8-6-30(7-9-31)18-5-4-13(12-28-18)19(32)29-16-11-17(35-22(25,26)27)14(23-34)10-15(16)24/h4-5,10-12,34H,6-9H2,1-3H3,(H,29,32). The molecule has 0 atom stereocenters. The molecule has 1 saturated heterocycles. The van der Waals surface area contributed by atoms with Crippen molar-refractivity contribution >= 4 is 47.9 Å². The van der Waals surface area contributed by atoms with E-state index >= 15 is 0 Å². The molecule has 187 valence electrons. The van der Waals surface area contributed by atoms with Crippen molar-refractivity contribution in [3.05, 3.63) is 41.0 Å². The van der Waals surface area contributed by atoms with Crippen molar-refractivity contribution in [2.45, 2.75) is 27.1 Å². The van der Waals surface area contributed by atoms with Gasteiger partial charge < -0.3 is 24.9 Å². The third-order valence-electron chi connectivity index (χ3n) is 5.25. The second-order valence-electron chi connectivity index (χ2n) is 8.94. The average Bonchev–Trinajstić information content (AvgIpc) is 2.79. The van der Waals surface area contributed by atoms with Crippen molar-refractivity contribution in [3.63, 3.8) is 0 Å². The lowest BCUT2D eigenvalue weighted by atomic mass is 9.87. The van der Waals surface area contributed by atoms with Gasteiger partial charge in [-0.05, 0) is 23.7 Å². The molecule has 1 radical (unpaired) electrons. The van der Waals surface area contributed by atoms with E-state index in [1.807, 2.05) is 30.6 Å². The Morgan fingerprint density at radius 3 is 2.31 bits per heavy atom. The molecule has 0 saturated carbocycles. The number of halogens is 4. The molecule has 1 aromatic heterocycles. The molecule has 0 aliphatic carbocycles. The monoisotopic (exact) mass is 511 g/mol. The van der Waals surface area contributed by atoms with Gasteiger partial charge in [0.05, 0.1) is 16.3 Å². The fourth-order valence-electron chi connectivity index (χ4n) is 3.49. The van der Waals surface area contributed by atoms with Crippen molar-refractivity contribution in [1.82, 2.24) is 9.88 Å². The molecule has 8 nitrogen and oxygen atoms in total. The zero-order chi connectivity index (χ0) is 26.0. The lowest BCUT2D eigenvalue weighted by Crippen LogP contribution is -2.51. The van der Waals surface area contributed by atoms with E-state index < -0.39 is 23.4 Å². The van der Waals surface area contributed by atoms with Crippen LogP contribution in [-0.4, -0.2) is 66.7 Å². The van der Waals surface area contributed by atoms with Gasteiger partial charge in [-0.3, -0.25) is 9.59 Å². The smallest absolute Gasteiger partial charge is 0.450 e. The van der Waals surface area contributed by atoms with Crippen LogP contribution in [0.3, 0.4) is 0 Å². The molecule has 35 heavy (non-hydrogen) atoms. The van der Waals surface area contributed by atoms with Crippen molar-refractivity contribution in [1.29, 1.82) is 0 Å². The van der Waals surface area contributed by atoms with Gasteiger partial charge >= 0.3 is 13.8 Å². The van der Waals surface area contributed by atoms with Gasteiger partial charge in [-0.25, -0.2) is 4.98 Å². The van der Waals surface area contributed by atoms with Gasteiger partial charge in [-0.1, -0.05) is 32.4 Å². The Kier molecular flexibility index (Phi) is 7.85. The molecule has 0 bridgehead atoms. The van der Waals surface area contributed by atoms with Crippen LogP contribution < -0.4 is 20.4 Å². The van der Waals surface area contributed by atoms with Gasteiger partial charge in [0.25, 0.3) is 5.91 Å². The van der Waals surface area contributed by atoms with Crippen LogP contribution in [0.4, 0.5) is 24.7 Å². The number of piperazine rings is 1. The Morgan fingerprint density at radius 2 is 1.80 bits per heavy atom. The summed E-state index contributed by atoms with van der Waals surface area (Å²) in [5.74, 6) is -0.655. The van der Waals surface area contributed by atoms with E-state index in [-0.39, 0.29) is 27.6 Å². The quantitative estimate of drug-likeness (QED) is 0.600. The summed E-state index contributed by atoms with van der Waals surface area (Å²) in [5, 5.41) is 11.5. The van der Waals surface area contributed by atoms with Crippen LogP contribution in [0.5, 0.6) is 5.75 Å². The van der Waals surface area contributed by atoms with Crippen LogP contribution in [0.1, 0.15) is 31.1 Å². The molecular weight excluding hydrogens is 488 g/mol. The molecule has 13 heteroatoms. The van der Waals surface area contributed by atoms with E-state index in [0.29, 0.717) is 39.5 Å².